The Morgan fingerprint density at radius 3 is 2.50 bits per heavy atom. The number of hydrogen-bond acceptors (Lipinski definition) is 2. The van der Waals surface area contributed by atoms with E-state index in [1.54, 1.807) is 0 Å². The van der Waals surface area contributed by atoms with Crippen LogP contribution >= 0.6 is 0 Å². The maximum absolute atomic E-state index is 11.3. The second-order valence-corrected chi connectivity index (χ2v) is 3.69. The van der Waals surface area contributed by atoms with Gasteiger partial charge in [0.1, 0.15) is 5.75 Å². The normalized spacial score (nSPS) is 15.2. The second kappa shape index (κ2) is 3.82. The van der Waals surface area contributed by atoms with Crippen molar-refractivity contribution < 1.29 is 9.53 Å². The molecule has 1 saturated carbocycles. The number of aryl methyl sites for hydroxylation is 1. The van der Waals surface area contributed by atoms with Gasteiger partial charge in [-0.3, -0.25) is 4.79 Å². The van der Waals surface area contributed by atoms with Gasteiger partial charge < -0.3 is 4.74 Å². The van der Waals surface area contributed by atoms with E-state index in [0.717, 1.165) is 19.3 Å². The van der Waals surface area contributed by atoms with Crippen molar-refractivity contribution in [3.05, 3.63) is 29.8 Å². The highest BCUT2D eigenvalue weighted by atomic mass is 16.5. The molecule has 0 spiro atoms. The second-order valence-electron chi connectivity index (χ2n) is 3.69. The van der Waals surface area contributed by atoms with Gasteiger partial charge in [-0.1, -0.05) is 19.1 Å². The third-order valence-corrected chi connectivity index (χ3v) is 2.46. The average molecular weight is 190 g/mol. The van der Waals surface area contributed by atoms with Crippen molar-refractivity contribution in [2.75, 3.05) is 0 Å². The summed E-state index contributed by atoms with van der Waals surface area (Å²) in [5.74, 6) is 0.759. The SMILES string of the molecule is CCc1ccc(OC(=O)C2CC2)cc1. The Morgan fingerprint density at radius 2 is 2.00 bits per heavy atom. The summed E-state index contributed by atoms with van der Waals surface area (Å²) in [5.41, 5.74) is 1.26. The molecule has 1 aliphatic rings. The molecule has 0 aromatic heterocycles. The minimum atomic E-state index is -0.0748. The van der Waals surface area contributed by atoms with E-state index < -0.39 is 0 Å². The molecule has 0 N–H and O–H groups in total. The van der Waals surface area contributed by atoms with Gasteiger partial charge in [-0.2, -0.15) is 0 Å². The van der Waals surface area contributed by atoms with Crippen LogP contribution in [-0.2, 0) is 11.2 Å². The van der Waals surface area contributed by atoms with Crippen LogP contribution in [0.25, 0.3) is 0 Å². The lowest BCUT2D eigenvalue weighted by molar-refractivity contribution is -0.135. The number of benzene rings is 1. The Morgan fingerprint density at radius 1 is 1.36 bits per heavy atom. The molecule has 0 bridgehead atoms. The van der Waals surface area contributed by atoms with Crippen LogP contribution in [0.5, 0.6) is 5.75 Å². The first-order chi connectivity index (χ1) is 6.79. The van der Waals surface area contributed by atoms with Crippen LogP contribution in [0.15, 0.2) is 24.3 Å². The fraction of sp³-hybridized carbons (Fsp3) is 0.417. The molecular formula is C12H14O2. The topological polar surface area (TPSA) is 26.3 Å². The molecule has 0 saturated heterocycles. The summed E-state index contributed by atoms with van der Waals surface area (Å²) in [6, 6.07) is 7.71. The highest BCUT2D eigenvalue weighted by molar-refractivity contribution is 5.77. The molecule has 1 fully saturated rings. The first-order valence-electron chi connectivity index (χ1n) is 5.10. The Kier molecular flexibility index (Phi) is 2.53. The number of ether oxygens (including phenoxy) is 1. The Hall–Kier alpha value is -1.31. The summed E-state index contributed by atoms with van der Waals surface area (Å²) in [6.45, 7) is 2.10. The van der Waals surface area contributed by atoms with Crippen molar-refractivity contribution in [1.29, 1.82) is 0 Å². The van der Waals surface area contributed by atoms with E-state index in [0.29, 0.717) is 5.75 Å². The van der Waals surface area contributed by atoms with Crippen LogP contribution in [-0.4, -0.2) is 5.97 Å². The van der Waals surface area contributed by atoms with Gasteiger partial charge in [-0.15, -0.1) is 0 Å². The van der Waals surface area contributed by atoms with Gasteiger partial charge >= 0.3 is 5.97 Å². The van der Waals surface area contributed by atoms with Crippen LogP contribution < -0.4 is 4.74 Å². The lowest BCUT2D eigenvalue weighted by atomic mass is 10.2. The summed E-state index contributed by atoms with van der Waals surface area (Å²) >= 11 is 0. The summed E-state index contributed by atoms with van der Waals surface area (Å²) in [5, 5.41) is 0. The van der Waals surface area contributed by atoms with Gasteiger partial charge in [0.2, 0.25) is 0 Å². The van der Waals surface area contributed by atoms with Crippen molar-refractivity contribution >= 4 is 5.97 Å². The molecule has 2 nitrogen and oxygen atoms in total. The van der Waals surface area contributed by atoms with Gasteiger partial charge in [0.15, 0.2) is 0 Å². The van der Waals surface area contributed by atoms with Gasteiger partial charge in [0.05, 0.1) is 5.92 Å². The third-order valence-electron chi connectivity index (χ3n) is 2.46. The van der Waals surface area contributed by atoms with Crippen molar-refractivity contribution in [2.45, 2.75) is 26.2 Å². The Bertz CT molecular complexity index is 323. The number of hydrogen-bond donors (Lipinski definition) is 0. The zero-order valence-electron chi connectivity index (χ0n) is 8.32. The summed E-state index contributed by atoms with van der Waals surface area (Å²) in [7, 11) is 0. The number of carbonyl (C=O) groups excluding carboxylic acids is 1. The highest BCUT2D eigenvalue weighted by Gasteiger charge is 2.31. The fourth-order valence-corrected chi connectivity index (χ4v) is 1.31. The van der Waals surface area contributed by atoms with Crippen LogP contribution in [0.4, 0.5) is 0 Å². The number of carbonyl (C=O) groups is 1. The molecule has 0 aliphatic heterocycles. The van der Waals surface area contributed by atoms with E-state index in [9.17, 15) is 4.79 Å². The maximum atomic E-state index is 11.3. The highest BCUT2D eigenvalue weighted by Crippen LogP contribution is 2.30. The lowest BCUT2D eigenvalue weighted by Gasteiger charge is -2.03. The first-order valence-corrected chi connectivity index (χ1v) is 5.10. The maximum Gasteiger partial charge on any atom is 0.314 e. The molecule has 1 aliphatic carbocycles. The minimum absolute atomic E-state index is 0.0748. The summed E-state index contributed by atoms with van der Waals surface area (Å²) in [6.07, 6.45) is 2.99. The van der Waals surface area contributed by atoms with Crippen molar-refractivity contribution in [1.82, 2.24) is 0 Å². The van der Waals surface area contributed by atoms with Gasteiger partial charge in [-0.05, 0) is 37.0 Å². The van der Waals surface area contributed by atoms with Crippen molar-refractivity contribution in [3.63, 3.8) is 0 Å². The molecule has 0 amide bonds. The molecule has 1 aromatic carbocycles. The van der Waals surface area contributed by atoms with Crippen molar-refractivity contribution in [3.8, 4) is 5.75 Å². The zero-order valence-corrected chi connectivity index (χ0v) is 8.32. The number of esters is 1. The smallest absolute Gasteiger partial charge is 0.314 e. The molecule has 14 heavy (non-hydrogen) atoms. The molecule has 1 aromatic rings. The Labute approximate surface area is 83.9 Å². The van der Waals surface area contributed by atoms with Gasteiger partial charge in [0, 0.05) is 0 Å². The average Bonchev–Trinajstić information content (AvgIpc) is 3.02. The molecule has 0 heterocycles. The summed E-state index contributed by atoms with van der Waals surface area (Å²) < 4.78 is 5.20. The standard InChI is InChI=1S/C12H14O2/c1-2-9-3-7-11(8-4-9)14-12(13)10-5-6-10/h3-4,7-8,10H,2,5-6H2,1H3. The third kappa shape index (κ3) is 2.13. The van der Waals surface area contributed by atoms with E-state index in [1.807, 2.05) is 24.3 Å². The van der Waals surface area contributed by atoms with Crippen LogP contribution in [0.2, 0.25) is 0 Å². The van der Waals surface area contributed by atoms with E-state index in [4.69, 9.17) is 4.74 Å². The molecule has 2 heteroatoms. The zero-order chi connectivity index (χ0) is 9.97. The monoisotopic (exact) mass is 190 g/mol. The fourth-order valence-electron chi connectivity index (χ4n) is 1.31. The molecule has 0 radical (unpaired) electrons. The largest absolute Gasteiger partial charge is 0.426 e. The van der Waals surface area contributed by atoms with E-state index in [1.165, 1.54) is 5.56 Å². The molecule has 2 rings (SSSR count). The van der Waals surface area contributed by atoms with E-state index >= 15 is 0 Å². The molecular weight excluding hydrogens is 176 g/mol. The molecule has 74 valence electrons. The van der Waals surface area contributed by atoms with Gasteiger partial charge in [-0.25, -0.2) is 0 Å². The minimum Gasteiger partial charge on any atom is -0.426 e. The van der Waals surface area contributed by atoms with Gasteiger partial charge in [0.25, 0.3) is 0 Å². The van der Waals surface area contributed by atoms with E-state index in [2.05, 4.69) is 6.92 Å². The van der Waals surface area contributed by atoms with Crippen LogP contribution in [0.3, 0.4) is 0 Å². The van der Waals surface area contributed by atoms with Crippen LogP contribution in [0.1, 0.15) is 25.3 Å². The predicted molar refractivity (Wildman–Crippen MR) is 54.2 cm³/mol. The molecule has 0 atom stereocenters. The quantitative estimate of drug-likeness (QED) is 0.541. The molecule has 0 unspecified atom stereocenters. The summed E-state index contributed by atoms with van der Waals surface area (Å²) in [4.78, 5) is 11.3. The lowest BCUT2D eigenvalue weighted by Crippen LogP contribution is -2.09. The van der Waals surface area contributed by atoms with E-state index in [-0.39, 0.29) is 11.9 Å². The van der Waals surface area contributed by atoms with Crippen LogP contribution in [0, 0.1) is 5.92 Å². The van der Waals surface area contributed by atoms with Crippen molar-refractivity contribution in [2.24, 2.45) is 5.92 Å². The Balaban J connectivity index is 1.98. The predicted octanol–water partition coefficient (Wildman–Crippen LogP) is 2.56. The number of rotatable bonds is 3. The first kappa shape index (κ1) is 9.25.